The van der Waals surface area contributed by atoms with Gasteiger partial charge >= 0.3 is 0 Å². The number of β-amino-alcohol motifs (C(OH)–C–C–N with tert-alkyl or cyclic N) is 1. The Bertz CT molecular complexity index is 381. The molecule has 2 rings (SSSR count). The van der Waals surface area contributed by atoms with Gasteiger partial charge in [-0.1, -0.05) is 0 Å². The van der Waals surface area contributed by atoms with Crippen molar-refractivity contribution >= 4 is 34.3 Å². The smallest absolute Gasteiger partial charge is 0.271 e. The average Bonchev–Trinajstić information content (AvgIpc) is 2.41. The van der Waals surface area contributed by atoms with Crippen LogP contribution in [0.1, 0.15) is 6.23 Å². The van der Waals surface area contributed by atoms with Gasteiger partial charge < -0.3 is 10.4 Å². The van der Waals surface area contributed by atoms with Gasteiger partial charge in [-0.15, -0.1) is 12.4 Å². The molecule has 1 aromatic heterocycles. The van der Waals surface area contributed by atoms with Gasteiger partial charge in [0.25, 0.3) is 5.56 Å². The molecule has 7 heteroatoms. The molecule has 0 amide bonds. The number of nitrogens with zero attached hydrogens (tertiary/aromatic N) is 2. The molecule has 5 nitrogen and oxygen atoms in total. The highest BCUT2D eigenvalue weighted by Gasteiger charge is 2.21. The van der Waals surface area contributed by atoms with E-state index < -0.39 is 6.23 Å². The van der Waals surface area contributed by atoms with Crippen molar-refractivity contribution in [2.24, 2.45) is 0 Å². The molecule has 1 unspecified atom stereocenters. The molecule has 0 fully saturated rings. The Kier molecular flexibility index (Phi) is 2.94. The monoisotopic (exact) mass is 267 g/mol. The lowest BCUT2D eigenvalue weighted by atomic mass is 10.5. The second-order valence-electron chi connectivity index (χ2n) is 2.47. The number of aromatic nitrogens is 2. The molecule has 0 radical (unpaired) electrons. The van der Waals surface area contributed by atoms with Crippen LogP contribution in [0.25, 0.3) is 0 Å². The summed E-state index contributed by atoms with van der Waals surface area (Å²) < 4.78 is 1.57. The summed E-state index contributed by atoms with van der Waals surface area (Å²) in [7, 11) is 0. The Morgan fingerprint density at radius 3 is 3.15 bits per heavy atom. The highest BCUT2D eigenvalue weighted by Crippen LogP contribution is 2.16. The van der Waals surface area contributed by atoms with E-state index >= 15 is 0 Å². The topological polar surface area (TPSA) is 67.2 Å². The summed E-state index contributed by atoms with van der Waals surface area (Å²) >= 11 is 3.04. The SMILES string of the molecule is Cl.O=c1c(Br)cnc2n1C(O)CN2. The second kappa shape index (κ2) is 3.65. The summed E-state index contributed by atoms with van der Waals surface area (Å²) in [6, 6.07) is 0. The van der Waals surface area contributed by atoms with E-state index in [9.17, 15) is 9.90 Å². The van der Waals surface area contributed by atoms with Crippen molar-refractivity contribution in [1.29, 1.82) is 0 Å². The standard InChI is InChI=1S/C6H6BrN3O2.ClH/c7-3-1-8-6-9-2-4(11)10(6)5(3)12;/h1,4,11H,2H2,(H,8,9);1H. The lowest BCUT2D eigenvalue weighted by molar-refractivity contribution is 0.127. The minimum atomic E-state index is -0.808. The van der Waals surface area contributed by atoms with E-state index in [1.807, 2.05) is 0 Å². The molecule has 0 bridgehead atoms. The Morgan fingerprint density at radius 1 is 1.77 bits per heavy atom. The van der Waals surface area contributed by atoms with Crippen LogP contribution in [0.4, 0.5) is 5.95 Å². The number of rotatable bonds is 0. The highest BCUT2D eigenvalue weighted by molar-refractivity contribution is 9.10. The zero-order valence-electron chi connectivity index (χ0n) is 6.40. The third kappa shape index (κ3) is 1.56. The minimum absolute atomic E-state index is 0. The molecule has 0 spiro atoms. The normalized spacial score (nSPS) is 18.8. The van der Waals surface area contributed by atoms with Gasteiger partial charge in [0.05, 0.1) is 12.7 Å². The van der Waals surface area contributed by atoms with Crippen molar-refractivity contribution in [3.05, 3.63) is 21.0 Å². The number of anilines is 1. The quantitative estimate of drug-likeness (QED) is 0.712. The number of halogens is 2. The summed E-state index contributed by atoms with van der Waals surface area (Å²) in [6.07, 6.45) is 0.608. The van der Waals surface area contributed by atoms with Crippen LogP contribution in [0.3, 0.4) is 0 Å². The zero-order valence-corrected chi connectivity index (χ0v) is 8.80. The minimum Gasteiger partial charge on any atom is -0.371 e. The van der Waals surface area contributed by atoms with Crippen molar-refractivity contribution in [2.75, 3.05) is 11.9 Å². The molecule has 0 aromatic carbocycles. The molecule has 0 saturated heterocycles. The molecule has 1 atom stereocenters. The van der Waals surface area contributed by atoms with Crippen LogP contribution in [0, 0.1) is 0 Å². The predicted molar refractivity (Wildman–Crippen MR) is 53.2 cm³/mol. The summed E-state index contributed by atoms with van der Waals surface area (Å²) in [4.78, 5) is 15.3. The molecule has 72 valence electrons. The van der Waals surface area contributed by atoms with E-state index in [0.29, 0.717) is 17.0 Å². The van der Waals surface area contributed by atoms with Gasteiger partial charge in [0.15, 0.2) is 6.23 Å². The summed E-state index contributed by atoms with van der Waals surface area (Å²) in [6.45, 7) is 0.332. The van der Waals surface area contributed by atoms with Crippen molar-refractivity contribution in [3.63, 3.8) is 0 Å². The van der Waals surface area contributed by atoms with Gasteiger partial charge in [0, 0.05) is 0 Å². The molecular formula is C6H7BrClN3O2. The lowest BCUT2D eigenvalue weighted by Gasteiger charge is -2.04. The Labute approximate surface area is 88.3 Å². The van der Waals surface area contributed by atoms with Gasteiger partial charge in [0.1, 0.15) is 4.47 Å². The van der Waals surface area contributed by atoms with Gasteiger partial charge in [0.2, 0.25) is 5.95 Å². The van der Waals surface area contributed by atoms with E-state index in [2.05, 4.69) is 26.2 Å². The second-order valence-corrected chi connectivity index (χ2v) is 3.32. The molecule has 0 saturated carbocycles. The first-order valence-corrected chi connectivity index (χ1v) is 4.18. The molecular weight excluding hydrogens is 261 g/mol. The molecule has 1 aliphatic rings. The third-order valence-corrected chi connectivity index (χ3v) is 2.24. The van der Waals surface area contributed by atoms with Crippen LogP contribution in [0.15, 0.2) is 15.5 Å². The van der Waals surface area contributed by atoms with Crippen molar-refractivity contribution in [1.82, 2.24) is 9.55 Å². The van der Waals surface area contributed by atoms with Crippen LogP contribution in [-0.4, -0.2) is 21.2 Å². The highest BCUT2D eigenvalue weighted by atomic mass is 79.9. The molecule has 1 aromatic rings. The van der Waals surface area contributed by atoms with Crippen molar-refractivity contribution < 1.29 is 5.11 Å². The van der Waals surface area contributed by atoms with Crippen molar-refractivity contribution in [2.45, 2.75) is 6.23 Å². The third-order valence-electron chi connectivity index (χ3n) is 1.69. The number of fused-ring (bicyclic) bond motifs is 1. The first-order chi connectivity index (χ1) is 5.70. The van der Waals surface area contributed by atoms with Crippen LogP contribution >= 0.6 is 28.3 Å². The number of aliphatic hydroxyl groups is 1. The van der Waals surface area contributed by atoms with E-state index in [1.165, 1.54) is 10.8 Å². The van der Waals surface area contributed by atoms with Gasteiger partial charge in [-0.2, -0.15) is 0 Å². The predicted octanol–water partition coefficient (Wildman–Crippen LogP) is 0.344. The fourth-order valence-corrected chi connectivity index (χ4v) is 1.42. The van der Waals surface area contributed by atoms with E-state index in [4.69, 9.17) is 0 Å². The van der Waals surface area contributed by atoms with E-state index in [1.54, 1.807) is 0 Å². The Hall–Kier alpha value is -0.590. The van der Waals surface area contributed by atoms with Gasteiger partial charge in [-0.05, 0) is 15.9 Å². The summed E-state index contributed by atoms with van der Waals surface area (Å²) in [5, 5.41) is 12.1. The van der Waals surface area contributed by atoms with E-state index in [0.717, 1.165) is 0 Å². The summed E-state index contributed by atoms with van der Waals surface area (Å²) in [5.41, 5.74) is -0.266. The lowest BCUT2D eigenvalue weighted by Crippen LogP contribution is -2.23. The van der Waals surface area contributed by atoms with Crippen LogP contribution < -0.4 is 10.9 Å². The molecule has 13 heavy (non-hydrogen) atoms. The zero-order chi connectivity index (χ0) is 8.72. The average molecular weight is 268 g/mol. The fraction of sp³-hybridized carbons (Fsp3) is 0.333. The van der Waals surface area contributed by atoms with Crippen LogP contribution in [0.2, 0.25) is 0 Å². The molecule has 2 N–H and O–H groups in total. The van der Waals surface area contributed by atoms with Gasteiger partial charge in [-0.25, -0.2) is 9.55 Å². The number of hydrogen-bond donors (Lipinski definition) is 2. The first kappa shape index (κ1) is 10.5. The largest absolute Gasteiger partial charge is 0.371 e. The maximum atomic E-state index is 11.3. The maximum Gasteiger partial charge on any atom is 0.271 e. The Balaban J connectivity index is 0.000000845. The molecule has 2 heterocycles. The number of aliphatic hydroxyl groups excluding tert-OH is 1. The first-order valence-electron chi connectivity index (χ1n) is 3.39. The van der Waals surface area contributed by atoms with Crippen LogP contribution in [-0.2, 0) is 0 Å². The van der Waals surface area contributed by atoms with Crippen molar-refractivity contribution in [3.8, 4) is 0 Å². The summed E-state index contributed by atoms with van der Waals surface area (Å²) in [5.74, 6) is 0.413. The van der Waals surface area contributed by atoms with Crippen LogP contribution in [0.5, 0.6) is 0 Å². The number of nitrogens with one attached hydrogen (secondary N) is 1. The molecule has 1 aliphatic heterocycles. The maximum absolute atomic E-state index is 11.3. The fourth-order valence-electron chi connectivity index (χ4n) is 1.13. The van der Waals surface area contributed by atoms with Gasteiger partial charge in [-0.3, -0.25) is 4.79 Å². The number of hydrogen-bond acceptors (Lipinski definition) is 4. The molecule has 0 aliphatic carbocycles. The Morgan fingerprint density at radius 2 is 2.46 bits per heavy atom. The van der Waals surface area contributed by atoms with E-state index in [-0.39, 0.29) is 18.0 Å².